The monoisotopic (exact) mass is 465 g/mol. The van der Waals surface area contributed by atoms with E-state index in [4.69, 9.17) is 17.5 Å². The molecular formula is C23H35N3O5S. The zero-order chi connectivity index (χ0) is 23.1. The number of likely N-dealkylation sites (tertiary alicyclic amines) is 1. The van der Waals surface area contributed by atoms with Crippen molar-refractivity contribution in [3.63, 3.8) is 0 Å². The molecule has 4 rings (SSSR count). The summed E-state index contributed by atoms with van der Waals surface area (Å²) in [6.07, 6.45) is 12.3. The van der Waals surface area contributed by atoms with E-state index in [1.165, 1.54) is 68.1 Å². The summed E-state index contributed by atoms with van der Waals surface area (Å²) in [5, 5.41) is 1.29. The summed E-state index contributed by atoms with van der Waals surface area (Å²) in [4.78, 5) is 21.0. The summed E-state index contributed by atoms with van der Waals surface area (Å²) in [6, 6.07) is 9.42. The molecule has 1 amide bonds. The number of amides is 1. The number of hydrogen-bond acceptors (Lipinski definition) is 4. The minimum Gasteiger partial charge on any atom is -0.361 e. The third-order valence-electron chi connectivity index (χ3n) is 6.71. The first-order chi connectivity index (χ1) is 15.2. The van der Waals surface area contributed by atoms with Crippen molar-refractivity contribution in [2.45, 2.75) is 69.9 Å². The molecule has 3 N–H and O–H groups in total. The van der Waals surface area contributed by atoms with Gasteiger partial charge in [0.1, 0.15) is 0 Å². The Hall–Kier alpha value is -1.94. The highest BCUT2D eigenvalue weighted by atomic mass is 32.3. The average Bonchev–Trinajstić information content (AvgIpc) is 3.42. The lowest BCUT2D eigenvalue weighted by molar-refractivity contribution is -0.134. The van der Waals surface area contributed by atoms with Crippen molar-refractivity contribution >= 4 is 27.2 Å². The van der Waals surface area contributed by atoms with Gasteiger partial charge in [-0.1, -0.05) is 31.0 Å². The smallest absolute Gasteiger partial charge is 0.361 e. The van der Waals surface area contributed by atoms with Crippen molar-refractivity contribution in [3.8, 4) is 0 Å². The zero-order valence-corrected chi connectivity index (χ0v) is 19.6. The minimum absolute atomic E-state index is 0.325. The maximum atomic E-state index is 12.9. The van der Waals surface area contributed by atoms with Crippen LogP contribution in [0, 0.1) is 0 Å². The van der Waals surface area contributed by atoms with E-state index < -0.39 is 10.4 Å². The van der Waals surface area contributed by atoms with Crippen LogP contribution in [0.25, 0.3) is 10.9 Å². The fourth-order valence-corrected chi connectivity index (χ4v) is 5.17. The molecule has 1 aliphatic heterocycles. The second kappa shape index (κ2) is 11.3. The van der Waals surface area contributed by atoms with Crippen LogP contribution < -0.4 is 0 Å². The van der Waals surface area contributed by atoms with Gasteiger partial charge in [-0.05, 0) is 63.2 Å². The van der Waals surface area contributed by atoms with Gasteiger partial charge in [-0.2, -0.15) is 8.42 Å². The molecule has 2 aromatic rings. The summed E-state index contributed by atoms with van der Waals surface area (Å²) < 4.78 is 31.6. The third-order valence-corrected chi connectivity index (χ3v) is 6.71. The maximum Gasteiger partial charge on any atom is 0.394 e. The Bertz CT molecular complexity index is 976. The summed E-state index contributed by atoms with van der Waals surface area (Å²) in [7, 11) is -2.62. The topological polar surface area (TPSA) is 114 Å². The zero-order valence-electron chi connectivity index (χ0n) is 18.7. The molecule has 8 nitrogen and oxygen atoms in total. The SMILES string of the molecule is CN(C(=O)CCCc1c[nH]c2ccccc12)[C@@H]1CCCC[C@H]1N1CCCC1.O=S(=O)(O)O. The highest BCUT2D eigenvalue weighted by Gasteiger charge is 2.35. The van der Waals surface area contributed by atoms with Gasteiger partial charge < -0.3 is 9.88 Å². The van der Waals surface area contributed by atoms with Crippen molar-refractivity contribution in [3.05, 3.63) is 36.0 Å². The van der Waals surface area contributed by atoms with E-state index >= 15 is 0 Å². The Labute approximate surface area is 190 Å². The molecule has 1 aromatic heterocycles. The normalized spacial score (nSPS) is 21.8. The molecule has 9 heteroatoms. The van der Waals surface area contributed by atoms with Crippen molar-refractivity contribution in [2.24, 2.45) is 0 Å². The van der Waals surface area contributed by atoms with Crippen LogP contribution in [0.5, 0.6) is 0 Å². The van der Waals surface area contributed by atoms with Gasteiger partial charge in [0, 0.05) is 42.7 Å². The average molecular weight is 466 g/mol. The van der Waals surface area contributed by atoms with Crippen LogP contribution >= 0.6 is 0 Å². The molecule has 1 aliphatic carbocycles. The lowest BCUT2D eigenvalue weighted by Gasteiger charge is -2.42. The molecule has 178 valence electrons. The summed E-state index contributed by atoms with van der Waals surface area (Å²) in [6.45, 7) is 2.45. The molecule has 0 radical (unpaired) electrons. The van der Waals surface area contributed by atoms with E-state index in [0.717, 1.165) is 12.8 Å². The maximum absolute atomic E-state index is 12.9. The van der Waals surface area contributed by atoms with E-state index in [0.29, 0.717) is 24.4 Å². The van der Waals surface area contributed by atoms with E-state index in [9.17, 15) is 4.79 Å². The van der Waals surface area contributed by atoms with Gasteiger partial charge >= 0.3 is 10.4 Å². The Balaban J connectivity index is 0.000000523. The molecule has 1 saturated carbocycles. The standard InChI is InChI=1S/C23H33N3O.H2O4S/c1-25(21-12-4-5-13-22(21)26-15-6-7-16-26)23(27)14-8-9-18-17-24-20-11-3-2-10-19(18)20;1-5(2,3)4/h2-3,10-11,17,21-22,24H,4-9,12-16H2,1H3;(H2,1,2,3,4)/t21-,22-;/m1./s1. The molecule has 2 aliphatic rings. The number of carbonyl (C=O) groups is 1. The fraction of sp³-hybridized carbons (Fsp3) is 0.609. The lowest BCUT2D eigenvalue weighted by Crippen LogP contribution is -2.53. The van der Waals surface area contributed by atoms with Crippen molar-refractivity contribution in [1.29, 1.82) is 0 Å². The molecule has 0 spiro atoms. The van der Waals surface area contributed by atoms with Gasteiger partial charge in [0.15, 0.2) is 0 Å². The molecule has 0 unspecified atom stereocenters. The first-order valence-corrected chi connectivity index (χ1v) is 12.9. The molecule has 1 saturated heterocycles. The van der Waals surface area contributed by atoms with Crippen LogP contribution in [0.15, 0.2) is 30.5 Å². The third kappa shape index (κ3) is 7.03. The van der Waals surface area contributed by atoms with Crippen LogP contribution in [0.3, 0.4) is 0 Å². The number of para-hydroxylation sites is 1. The second-order valence-electron chi connectivity index (χ2n) is 8.83. The number of fused-ring (bicyclic) bond motifs is 1. The molecule has 2 fully saturated rings. The van der Waals surface area contributed by atoms with Crippen LogP contribution in [0.4, 0.5) is 0 Å². The van der Waals surface area contributed by atoms with Gasteiger partial charge in [0.05, 0.1) is 0 Å². The molecule has 2 heterocycles. The van der Waals surface area contributed by atoms with E-state index in [2.05, 4.69) is 45.2 Å². The van der Waals surface area contributed by atoms with Crippen molar-refractivity contribution < 1.29 is 22.3 Å². The van der Waals surface area contributed by atoms with Crippen LogP contribution in [0.2, 0.25) is 0 Å². The Kier molecular flexibility index (Phi) is 8.70. The number of likely N-dealkylation sites (N-methyl/N-ethyl adjacent to an activating group) is 1. The number of hydrogen-bond donors (Lipinski definition) is 3. The van der Waals surface area contributed by atoms with E-state index in [-0.39, 0.29) is 0 Å². The summed E-state index contributed by atoms with van der Waals surface area (Å²) in [5.41, 5.74) is 2.51. The van der Waals surface area contributed by atoms with Gasteiger partial charge in [-0.15, -0.1) is 0 Å². The summed E-state index contributed by atoms with van der Waals surface area (Å²) >= 11 is 0. The number of carbonyl (C=O) groups excluding carboxylic acids is 1. The Morgan fingerprint density at radius 3 is 2.50 bits per heavy atom. The largest absolute Gasteiger partial charge is 0.394 e. The van der Waals surface area contributed by atoms with E-state index in [1.807, 2.05) is 7.05 Å². The molecule has 1 aromatic carbocycles. The van der Waals surface area contributed by atoms with Gasteiger partial charge in [-0.3, -0.25) is 18.8 Å². The van der Waals surface area contributed by atoms with Crippen LogP contribution in [-0.2, 0) is 21.6 Å². The van der Waals surface area contributed by atoms with Gasteiger partial charge in [-0.25, -0.2) is 0 Å². The molecule has 32 heavy (non-hydrogen) atoms. The number of nitrogens with one attached hydrogen (secondary N) is 1. The molecular weight excluding hydrogens is 430 g/mol. The minimum atomic E-state index is -4.67. The molecule has 0 bridgehead atoms. The number of aromatic amines is 1. The fourth-order valence-electron chi connectivity index (χ4n) is 5.17. The predicted octanol–water partition coefficient (Wildman–Crippen LogP) is 3.70. The first-order valence-electron chi connectivity index (χ1n) is 11.5. The predicted molar refractivity (Wildman–Crippen MR) is 125 cm³/mol. The quantitative estimate of drug-likeness (QED) is 0.561. The number of rotatable bonds is 6. The van der Waals surface area contributed by atoms with Gasteiger partial charge in [0.25, 0.3) is 0 Å². The highest BCUT2D eigenvalue weighted by molar-refractivity contribution is 7.79. The lowest BCUT2D eigenvalue weighted by atomic mass is 9.88. The molecule has 2 atom stereocenters. The number of aryl methyl sites for hydroxylation is 1. The Morgan fingerprint density at radius 2 is 1.78 bits per heavy atom. The second-order valence-corrected chi connectivity index (χ2v) is 9.72. The summed E-state index contributed by atoms with van der Waals surface area (Å²) in [5.74, 6) is 0.325. The van der Waals surface area contributed by atoms with Crippen LogP contribution in [-0.4, -0.2) is 70.4 Å². The van der Waals surface area contributed by atoms with Crippen molar-refractivity contribution in [2.75, 3.05) is 20.1 Å². The number of H-pyrrole nitrogens is 1. The first kappa shape index (κ1) is 24.7. The highest BCUT2D eigenvalue weighted by Crippen LogP contribution is 2.29. The Morgan fingerprint density at radius 1 is 1.12 bits per heavy atom. The number of aromatic nitrogens is 1. The number of benzene rings is 1. The van der Waals surface area contributed by atoms with Crippen LogP contribution in [0.1, 0.15) is 56.9 Å². The van der Waals surface area contributed by atoms with E-state index in [1.54, 1.807) is 0 Å². The van der Waals surface area contributed by atoms with Crippen molar-refractivity contribution in [1.82, 2.24) is 14.8 Å². The number of nitrogens with zero attached hydrogens (tertiary/aromatic N) is 2. The van der Waals surface area contributed by atoms with Gasteiger partial charge in [0.2, 0.25) is 5.91 Å².